The van der Waals surface area contributed by atoms with E-state index < -0.39 is 17.6 Å². The molecule has 0 atom stereocenters. The number of carbonyl (C=O) groups is 1. The van der Waals surface area contributed by atoms with Gasteiger partial charge >= 0.3 is 12.1 Å². The lowest BCUT2D eigenvalue weighted by atomic mass is 9.94. The van der Waals surface area contributed by atoms with Crippen LogP contribution in [0.15, 0.2) is 40.9 Å². The molecule has 2 aromatic rings. The largest absolute Gasteiger partial charge is 0.478 e. The fraction of sp³-hybridized carbons (Fsp3) is 0.353. The summed E-state index contributed by atoms with van der Waals surface area (Å²) in [6, 6.07) is 6.22. The fourth-order valence-corrected chi connectivity index (χ4v) is 2.68. The van der Waals surface area contributed by atoms with Crippen molar-refractivity contribution in [2.45, 2.75) is 37.3 Å². The summed E-state index contributed by atoms with van der Waals surface area (Å²) in [4.78, 5) is 14.8. The van der Waals surface area contributed by atoms with E-state index in [1.165, 1.54) is 12.1 Å². The first-order chi connectivity index (χ1) is 11.7. The maximum absolute atomic E-state index is 13.1. The van der Waals surface area contributed by atoms with Crippen molar-refractivity contribution in [2.75, 3.05) is 0 Å². The first-order valence-corrected chi connectivity index (χ1v) is 7.60. The van der Waals surface area contributed by atoms with E-state index in [2.05, 4.69) is 16.7 Å². The molecule has 0 aliphatic heterocycles. The number of hydrogen-bond acceptors (Lipinski definition) is 4. The lowest BCUT2D eigenvalue weighted by Crippen LogP contribution is -2.28. The van der Waals surface area contributed by atoms with Crippen molar-refractivity contribution in [3.05, 3.63) is 59.3 Å². The van der Waals surface area contributed by atoms with Gasteiger partial charge in [0.25, 0.3) is 0 Å². The van der Waals surface area contributed by atoms with Crippen molar-refractivity contribution in [1.82, 2.24) is 10.1 Å². The molecule has 1 saturated carbocycles. The van der Waals surface area contributed by atoms with Gasteiger partial charge in [-0.25, -0.2) is 4.79 Å². The summed E-state index contributed by atoms with van der Waals surface area (Å²) >= 11 is 0. The number of carboxylic acid groups (broad SMARTS) is 1. The Morgan fingerprint density at radius 2 is 1.92 bits per heavy atom. The minimum Gasteiger partial charge on any atom is -0.478 e. The molecule has 1 fully saturated rings. The minimum atomic E-state index is -4.23. The third-order valence-electron chi connectivity index (χ3n) is 4.34. The lowest BCUT2D eigenvalue weighted by Gasteiger charge is -2.19. The number of carboxylic acids is 1. The van der Waals surface area contributed by atoms with E-state index in [4.69, 9.17) is 9.63 Å². The van der Waals surface area contributed by atoms with E-state index in [1.807, 2.05) is 0 Å². The highest BCUT2D eigenvalue weighted by Crippen LogP contribution is 2.58. The standard InChI is InChI=1S/C17H15F3N2O3/c1-10(15(23)24)8-14-21-13(22-25-14)9-11-2-4-12(5-3-11)16(6-7-16)17(18,19)20/h2-5H,1,6-9H2,(H,23,24). The smallest absolute Gasteiger partial charge is 0.398 e. The monoisotopic (exact) mass is 352 g/mol. The van der Waals surface area contributed by atoms with Crippen LogP contribution in [-0.2, 0) is 23.1 Å². The van der Waals surface area contributed by atoms with Crippen LogP contribution in [0.1, 0.15) is 35.7 Å². The van der Waals surface area contributed by atoms with Gasteiger partial charge in [0.05, 0.1) is 11.8 Å². The van der Waals surface area contributed by atoms with Gasteiger partial charge < -0.3 is 9.63 Å². The molecule has 0 spiro atoms. The van der Waals surface area contributed by atoms with E-state index in [0.29, 0.717) is 5.82 Å². The average Bonchev–Trinajstić information content (AvgIpc) is 3.25. The van der Waals surface area contributed by atoms with E-state index in [1.54, 1.807) is 12.1 Å². The molecule has 8 heteroatoms. The number of halogens is 3. The molecule has 1 aromatic heterocycles. The van der Waals surface area contributed by atoms with Crippen LogP contribution < -0.4 is 0 Å². The summed E-state index contributed by atoms with van der Waals surface area (Å²) in [5.41, 5.74) is -0.745. The second-order valence-electron chi connectivity index (χ2n) is 6.14. The topological polar surface area (TPSA) is 76.2 Å². The summed E-state index contributed by atoms with van der Waals surface area (Å²) in [6.45, 7) is 3.38. The number of hydrogen-bond donors (Lipinski definition) is 1. The van der Waals surface area contributed by atoms with E-state index in [0.717, 1.165) is 5.56 Å². The van der Waals surface area contributed by atoms with Crippen molar-refractivity contribution in [3.8, 4) is 0 Å². The van der Waals surface area contributed by atoms with Crippen molar-refractivity contribution < 1.29 is 27.6 Å². The summed E-state index contributed by atoms with van der Waals surface area (Å²) < 4.78 is 44.3. The van der Waals surface area contributed by atoms with Crippen molar-refractivity contribution in [1.29, 1.82) is 0 Å². The average molecular weight is 352 g/mol. The van der Waals surface area contributed by atoms with E-state index in [9.17, 15) is 18.0 Å². The van der Waals surface area contributed by atoms with Crippen molar-refractivity contribution in [3.63, 3.8) is 0 Å². The molecular weight excluding hydrogens is 337 g/mol. The summed E-state index contributed by atoms with van der Waals surface area (Å²) in [5.74, 6) is -0.681. The van der Waals surface area contributed by atoms with Crippen LogP contribution >= 0.6 is 0 Å². The molecule has 132 valence electrons. The van der Waals surface area contributed by atoms with Gasteiger partial charge in [0.1, 0.15) is 0 Å². The Hall–Kier alpha value is -2.64. The number of benzene rings is 1. The van der Waals surface area contributed by atoms with E-state index in [-0.39, 0.29) is 42.7 Å². The summed E-state index contributed by atoms with van der Waals surface area (Å²) in [6.07, 6.45) is -3.77. The number of aromatic nitrogens is 2. The molecule has 1 aliphatic carbocycles. The zero-order valence-electron chi connectivity index (χ0n) is 13.1. The van der Waals surface area contributed by atoms with Gasteiger partial charge in [-0.3, -0.25) is 0 Å². The number of aliphatic carboxylic acids is 1. The zero-order valence-corrected chi connectivity index (χ0v) is 13.1. The van der Waals surface area contributed by atoms with Crippen molar-refractivity contribution >= 4 is 5.97 Å². The van der Waals surface area contributed by atoms with Crippen molar-refractivity contribution in [2.24, 2.45) is 0 Å². The molecule has 0 radical (unpaired) electrons. The highest BCUT2D eigenvalue weighted by molar-refractivity contribution is 5.86. The van der Waals surface area contributed by atoms with Gasteiger partial charge in [-0.1, -0.05) is 36.0 Å². The number of alkyl halides is 3. The SMILES string of the molecule is C=C(Cc1nc(Cc2ccc(C3(C(F)(F)F)CC3)cc2)no1)C(=O)O. The van der Waals surface area contributed by atoms with Crippen LogP contribution in [0.5, 0.6) is 0 Å². The van der Waals surface area contributed by atoms with Crippen LogP contribution in [-0.4, -0.2) is 27.4 Å². The molecule has 1 N–H and O–H groups in total. The fourth-order valence-electron chi connectivity index (χ4n) is 2.68. The lowest BCUT2D eigenvalue weighted by molar-refractivity contribution is -0.160. The quantitative estimate of drug-likeness (QED) is 0.806. The van der Waals surface area contributed by atoms with Crippen LogP contribution in [0.2, 0.25) is 0 Å². The first kappa shape index (κ1) is 17.2. The Morgan fingerprint density at radius 1 is 1.28 bits per heavy atom. The number of rotatable bonds is 6. The molecule has 1 aromatic carbocycles. The molecule has 1 aliphatic rings. The predicted octanol–water partition coefficient (Wildman–Crippen LogP) is 3.44. The summed E-state index contributed by atoms with van der Waals surface area (Å²) in [7, 11) is 0. The molecule has 0 saturated heterocycles. The van der Waals surface area contributed by atoms with Crippen LogP contribution in [0.25, 0.3) is 0 Å². The predicted molar refractivity (Wildman–Crippen MR) is 81.0 cm³/mol. The van der Waals surface area contributed by atoms with Gasteiger partial charge in [-0.15, -0.1) is 0 Å². The second kappa shape index (κ2) is 6.02. The van der Waals surface area contributed by atoms with Gasteiger partial charge in [-0.05, 0) is 24.0 Å². The highest BCUT2D eigenvalue weighted by Gasteiger charge is 2.64. The first-order valence-electron chi connectivity index (χ1n) is 7.60. The normalized spacial score (nSPS) is 15.8. The Bertz CT molecular complexity index is 805. The zero-order chi connectivity index (χ0) is 18.2. The Morgan fingerprint density at radius 3 is 2.44 bits per heavy atom. The maximum atomic E-state index is 13.1. The second-order valence-corrected chi connectivity index (χ2v) is 6.14. The minimum absolute atomic E-state index is 0.0601. The van der Waals surface area contributed by atoms with E-state index >= 15 is 0 Å². The van der Waals surface area contributed by atoms with Gasteiger partial charge in [0, 0.05) is 12.0 Å². The molecular formula is C17H15F3N2O3. The maximum Gasteiger partial charge on any atom is 0.398 e. The Labute approximate surface area is 141 Å². The third-order valence-corrected chi connectivity index (χ3v) is 4.34. The molecule has 25 heavy (non-hydrogen) atoms. The highest BCUT2D eigenvalue weighted by atomic mass is 19.4. The molecule has 3 rings (SSSR count). The third kappa shape index (κ3) is 3.42. The molecule has 0 bridgehead atoms. The van der Waals surface area contributed by atoms with Gasteiger partial charge in [0.2, 0.25) is 5.89 Å². The summed E-state index contributed by atoms with van der Waals surface area (Å²) in [5, 5.41) is 12.5. The number of nitrogens with zero attached hydrogens (tertiary/aromatic N) is 2. The molecule has 0 unspecified atom stereocenters. The molecule has 1 heterocycles. The van der Waals surface area contributed by atoms with Gasteiger partial charge in [0.15, 0.2) is 5.82 Å². The van der Waals surface area contributed by atoms with Crippen LogP contribution in [0, 0.1) is 0 Å². The molecule has 5 nitrogen and oxygen atoms in total. The van der Waals surface area contributed by atoms with Crippen LogP contribution in [0.3, 0.4) is 0 Å². The van der Waals surface area contributed by atoms with Gasteiger partial charge in [-0.2, -0.15) is 18.2 Å². The van der Waals surface area contributed by atoms with Crippen LogP contribution in [0.4, 0.5) is 13.2 Å². The molecule has 0 amide bonds. The Balaban J connectivity index is 1.68. The Kier molecular flexibility index (Phi) is 4.14.